The number of aryl methyl sites for hydroxylation is 1. The quantitative estimate of drug-likeness (QED) is 0.104. The van der Waals surface area contributed by atoms with Gasteiger partial charge in [0.2, 0.25) is 0 Å². The van der Waals surface area contributed by atoms with Crippen molar-refractivity contribution < 1.29 is 80.4 Å². The van der Waals surface area contributed by atoms with Crippen molar-refractivity contribution in [1.82, 2.24) is 0 Å². The SMILES string of the molecule is CCCCCc1ccc(C2(C)C=C(OC(C)COCC(F)(F)C(F)(F)C(F)(F)F)C(C)C(OC(C)COCC(F)(F)C(F)(F)C(F)(F)F)C2)cc1. The molecule has 0 heterocycles. The predicted molar refractivity (Wildman–Crippen MR) is 157 cm³/mol. The summed E-state index contributed by atoms with van der Waals surface area (Å²) in [5.74, 6) is -24.5. The first-order valence-electron chi connectivity index (χ1n) is 16.1. The van der Waals surface area contributed by atoms with Crippen molar-refractivity contribution in [2.75, 3.05) is 26.4 Å². The fourth-order valence-corrected chi connectivity index (χ4v) is 5.33. The monoisotopic (exact) mass is 768 g/mol. The van der Waals surface area contributed by atoms with Crippen molar-refractivity contribution in [2.45, 2.75) is 126 Å². The van der Waals surface area contributed by atoms with E-state index in [4.69, 9.17) is 9.47 Å². The van der Waals surface area contributed by atoms with E-state index in [0.717, 1.165) is 36.8 Å². The largest absolute Gasteiger partial charge is 0.493 e. The van der Waals surface area contributed by atoms with Crippen LogP contribution in [-0.4, -0.2) is 80.8 Å². The number of halogens is 14. The number of allylic oxidation sites excluding steroid dienone is 1. The van der Waals surface area contributed by atoms with E-state index in [1.165, 1.54) is 13.8 Å². The van der Waals surface area contributed by atoms with Gasteiger partial charge in [-0.15, -0.1) is 0 Å². The average Bonchev–Trinajstić information content (AvgIpc) is 2.98. The van der Waals surface area contributed by atoms with Crippen molar-refractivity contribution in [3.63, 3.8) is 0 Å². The number of hydrogen-bond donors (Lipinski definition) is 0. The highest BCUT2D eigenvalue weighted by molar-refractivity contribution is 5.36. The number of ether oxygens (including phenoxy) is 4. The number of alkyl halides is 14. The zero-order valence-corrected chi connectivity index (χ0v) is 28.5. The van der Waals surface area contributed by atoms with Crippen molar-refractivity contribution >= 4 is 0 Å². The van der Waals surface area contributed by atoms with Gasteiger partial charge in [0, 0.05) is 11.3 Å². The lowest BCUT2D eigenvalue weighted by molar-refractivity contribution is -0.362. The first kappa shape index (κ1) is 44.8. The zero-order valence-electron chi connectivity index (χ0n) is 28.5. The molecule has 0 saturated carbocycles. The maximum atomic E-state index is 13.7. The van der Waals surface area contributed by atoms with Crippen LogP contribution in [0.5, 0.6) is 0 Å². The summed E-state index contributed by atoms with van der Waals surface area (Å²) in [5.41, 5.74) is 0.879. The highest BCUT2D eigenvalue weighted by Gasteiger charge is 2.74. The molecule has 1 aromatic carbocycles. The third-order valence-electron chi connectivity index (χ3n) is 8.42. The lowest BCUT2D eigenvalue weighted by Gasteiger charge is -2.42. The summed E-state index contributed by atoms with van der Waals surface area (Å²) in [6.07, 6.45) is -10.6. The van der Waals surface area contributed by atoms with Crippen LogP contribution in [0.15, 0.2) is 36.1 Å². The second kappa shape index (κ2) is 16.8. The van der Waals surface area contributed by atoms with E-state index < -0.39 is 92.1 Å². The molecule has 4 nitrogen and oxygen atoms in total. The van der Waals surface area contributed by atoms with E-state index in [9.17, 15) is 61.5 Å². The van der Waals surface area contributed by atoms with Gasteiger partial charge in [0.1, 0.15) is 19.3 Å². The van der Waals surface area contributed by atoms with Gasteiger partial charge in [-0.25, -0.2) is 0 Å². The first-order valence-corrected chi connectivity index (χ1v) is 16.1. The maximum Gasteiger partial charge on any atom is 0.459 e. The molecule has 0 saturated heterocycles. The second-order valence-electron chi connectivity index (χ2n) is 13.1. The highest BCUT2D eigenvalue weighted by atomic mass is 19.4. The summed E-state index contributed by atoms with van der Waals surface area (Å²) in [7, 11) is 0. The van der Waals surface area contributed by atoms with Gasteiger partial charge in [-0.05, 0) is 50.3 Å². The minimum atomic E-state index is -6.53. The Morgan fingerprint density at radius 1 is 0.725 bits per heavy atom. The summed E-state index contributed by atoms with van der Waals surface area (Å²) in [5, 5.41) is 0. The highest BCUT2D eigenvalue weighted by Crippen LogP contribution is 2.48. The van der Waals surface area contributed by atoms with Crippen molar-refractivity contribution in [2.24, 2.45) is 5.92 Å². The van der Waals surface area contributed by atoms with Gasteiger partial charge in [-0.2, -0.15) is 61.5 Å². The molecule has 0 amide bonds. The normalized spacial score (nSPS) is 22.5. The molecule has 0 spiro atoms. The van der Waals surface area contributed by atoms with Gasteiger partial charge >= 0.3 is 36.0 Å². The van der Waals surface area contributed by atoms with Crippen LogP contribution in [0.1, 0.15) is 71.4 Å². The summed E-state index contributed by atoms with van der Waals surface area (Å²) in [6.45, 7) is 1.75. The molecule has 0 aromatic heterocycles. The third-order valence-corrected chi connectivity index (χ3v) is 8.42. The topological polar surface area (TPSA) is 36.9 Å². The molecular weight excluding hydrogens is 726 g/mol. The molecule has 296 valence electrons. The Balaban J connectivity index is 2.24. The van der Waals surface area contributed by atoms with Crippen LogP contribution in [0, 0.1) is 5.92 Å². The van der Waals surface area contributed by atoms with Crippen LogP contribution in [0.4, 0.5) is 61.5 Å². The average molecular weight is 769 g/mol. The van der Waals surface area contributed by atoms with E-state index >= 15 is 0 Å². The Hall–Kier alpha value is -2.34. The Morgan fingerprint density at radius 2 is 1.20 bits per heavy atom. The van der Waals surface area contributed by atoms with E-state index in [1.54, 1.807) is 19.9 Å². The standard InChI is InChI=1S/C33H42F14O4/c1-6-7-8-9-23-10-12-24(13-11-23)27(5)14-25(50-20(2)16-48-18-28(34,35)30(38,39)32(42,43)44)22(4)26(15-27)51-21(3)17-49-19-29(36,37)31(40,41)33(45,46)47/h10-14,20-22,26H,6-9,15-19H2,1-5H3. The zero-order chi connectivity index (χ0) is 39.3. The van der Waals surface area contributed by atoms with Crippen LogP contribution >= 0.6 is 0 Å². The summed E-state index contributed by atoms with van der Waals surface area (Å²) in [4.78, 5) is 0. The number of benzene rings is 1. The maximum absolute atomic E-state index is 13.7. The van der Waals surface area contributed by atoms with Gasteiger partial charge in [0.05, 0.1) is 31.2 Å². The molecular formula is C33H42F14O4. The number of hydrogen-bond acceptors (Lipinski definition) is 4. The first-order chi connectivity index (χ1) is 23.1. The van der Waals surface area contributed by atoms with Crippen LogP contribution in [0.3, 0.4) is 0 Å². The summed E-state index contributed by atoms with van der Waals surface area (Å²) < 4.78 is 204. The van der Waals surface area contributed by atoms with Gasteiger partial charge in [0.15, 0.2) is 0 Å². The number of unbranched alkanes of at least 4 members (excludes halogenated alkanes) is 2. The Morgan fingerprint density at radius 3 is 1.65 bits per heavy atom. The van der Waals surface area contributed by atoms with E-state index in [-0.39, 0.29) is 12.2 Å². The minimum absolute atomic E-state index is 0.147. The van der Waals surface area contributed by atoms with Gasteiger partial charge in [-0.1, -0.05) is 57.9 Å². The van der Waals surface area contributed by atoms with Crippen LogP contribution in [0.25, 0.3) is 0 Å². The van der Waals surface area contributed by atoms with Crippen LogP contribution < -0.4 is 0 Å². The van der Waals surface area contributed by atoms with Crippen molar-refractivity contribution in [3.05, 3.63) is 47.2 Å². The molecule has 0 N–H and O–H groups in total. The minimum Gasteiger partial charge on any atom is -0.493 e. The van der Waals surface area contributed by atoms with Gasteiger partial charge in [-0.3, -0.25) is 0 Å². The lowest BCUT2D eigenvalue weighted by atomic mass is 9.70. The molecule has 1 aliphatic rings. The van der Waals surface area contributed by atoms with Gasteiger partial charge < -0.3 is 18.9 Å². The predicted octanol–water partition coefficient (Wildman–Crippen LogP) is 10.5. The summed E-state index contributed by atoms with van der Waals surface area (Å²) >= 11 is 0. The van der Waals surface area contributed by atoms with E-state index in [0.29, 0.717) is 0 Å². The molecule has 0 radical (unpaired) electrons. The molecule has 18 heteroatoms. The van der Waals surface area contributed by atoms with Crippen molar-refractivity contribution in [3.8, 4) is 0 Å². The molecule has 0 bridgehead atoms. The van der Waals surface area contributed by atoms with E-state index in [1.807, 2.05) is 24.3 Å². The van der Waals surface area contributed by atoms with Crippen LogP contribution in [-0.2, 0) is 30.8 Å². The molecule has 0 fully saturated rings. The smallest absolute Gasteiger partial charge is 0.459 e. The Kier molecular flexibility index (Phi) is 14.7. The third kappa shape index (κ3) is 11.1. The lowest BCUT2D eigenvalue weighted by Crippen LogP contribution is -2.54. The molecule has 1 aliphatic carbocycles. The molecule has 0 aliphatic heterocycles. The second-order valence-corrected chi connectivity index (χ2v) is 13.1. The Bertz CT molecular complexity index is 1260. The van der Waals surface area contributed by atoms with Crippen LogP contribution in [0.2, 0.25) is 0 Å². The number of rotatable bonds is 19. The Labute approximate surface area is 286 Å². The van der Waals surface area contributed by atoms with Gasteiger partial charge in [0.25, 0.3) is 0 Å². The fraction of sp³-hybridized carbons (Fsp3) is 0.758. The molecule has 1 aromatic rings. The molecule has 51 heavy (non-hydrogen) atoms. The molecule has 5 atom stereocenters. The van der Waals surface area contributed by atoms with E-state index in [2.05, 4.69) is 16.4 Å². The molecule has 2 rings (SSSR count). The fourth-order valence-electron chi connectivity index (χ4n) is 5.33. The van der Waals surface area contributed by atoms with Crippen molar-refractivity contribution in [1.29, 1.82) is 0 Å². The summed E-state index contributed by atoms with van der Waals surface area (Å²) in [6, 6.07) is 7.49. The molecule has 5 unspecified atom stereocenters.